The molecule has 0 spiro atoms. The average molecular weight is 467 g/mol. The predicted octanol–water partition coefficient (Wildman–Crippen LogP) is 9.02. The molecule has 0 aliphatic carbocycles. The first-order chi connectivity index (χ1) is 16.1. The van der Waals surface area contributed by atoms with Gasteiger partial charge in [-0.3, -0.25) is 9.59 Å². The molecule has 33 heavy (non-hydrogen) atoms. The third-order valence-electron chi connectivity index (χ3n) is 6.30. The van der Waals surface area contributed by atoms with Gasteiger partial charge in [-0.25, -0.2) is 0 Å². The van der Waals surface area contributed by atoms with Crippen LogP contribution < -0.4 is 0 Å². The van der Waals surface area contributed by atoms with Gasteiger partial charge in [0.05, 0.1) is 18.9 Å². The lowest BCUT2D eigenvalue weighted by molar-refractivity contribution is -0.151. The second-order valence-corrected chi connectivity index (χ2v) is 9.60. The highest BCUT2D eigenvalue weighted by molar-refractivity contribution is 5.78. The monoisotopic (exact) mass is 466 g/mol. The Morgan fingerprint density at radius 2 is 1.12 bits per heavy atom. The lowest BCUT2D eigenvalue weighted by atomic mass is 9.99. The van der Waals surface area contributed by atoms with Crippen molar-refractivity contribution in [1.82, 2.24) is 0 Å². The SMILES string of the molecule is CCCCCCCCCCCCCCCCCC/C=C/CCC(CC(=O)OCCC)C(=O)O. The molecule has 0 aromatic heterocycles. The number of rotatable bonds is 25. The highest BCUT2D eigenvalue weighted by atomic mass is 16.5. The minimum Gasteiger partial charge on any atom is -0.481 e. The molecule has 0 heterocycles. The van der Waals surface area contributed by atoms with Gasteiger partial charge in [-0.15, -0.1) is 0 Å². The first-order valence-electron chi connectivity index (χ1n) is 14.1. The summed E-state index contributed by atoms with van der Waals surface area (Å²) in [5, 5.41) is 9.27. The molecule has 0 fully saturated rings. The Hall–Kier alpha value is -1.32. The zero-order valence-electron chi connectivity index (χ0n) is 22.0. The largest absolute Gasteiger partial charge is 0.481 e. The summed E-state index contributed by atoms with van der Waals surface area (Å²) in [7, 11) is 0. The number of ether oxygens (including phenoxy) is 1. The number of esters is 1. The Bertz CT molecular complexity index is 472. The molecule has 4 nitrogen and oxygen atoms in total. The second-order valence-electron chi connectivity index (χ2n) is 9.60. The molecule has 0 rings (SSSR count). The molecular formula is C29H54O4. The number of carboxylic acid groups (broad SMARTS) is 1. The lowest BCUT2D eigenvalue weighted by Gasteiger charge is -2.10. The van der Waals surface area contributed by atoms with Crippen LogP contribution in [0.4, 0.5) is 0 Å². The molecule has 0 aromatic rings. The molecule has 0 aliphatic heterocycles. The van der Waals surface area contributed by atoms with Crippen molar-refractivity contribution in [3.05, 3.63) is 12.2 Å². The van der Waals surface area contributed by atoms with E-state index in [0.29, 0.717) is 19.4 Å². The van der Waals surface area contributed by atoms with Crippen LogP contribution in [0.1, 0.15) is 149 Å². The molecule has 194 valence electrons. The first kappa shape index (κ1) is 31.7. The van der Waals surface area contributed by atoms with Crippen molar-refractivity contribution in [2.75, 3.05) is 6.61 Å². The van der Waals surface area contributed by atoms with Crippen molar-refractivity contribution in [3.8, 4) is 0 Å². The maximum atomic E-state index is 11.6. The van der Waals surface area contributed by atoms with E-state index in [1.807, 2.05) is 6.92 Å². The van der Waals surface area contributed by atoms with E-state index in [0.717, 1.165) is 12.8 Å². The van der Waals surface area contributed by atoms with Crippen molar-refractivity contribution in [1.29, 1.82) is 0 Å². The van der Waals surface area contributed by atoms with Crippen molar-refractivity contribution < 1.29 is 19.4 Å². The minimum absolute atomic E-state index is 0.0255. The van der Waals surface area contributed by atoms with Gasteiger partial charge in [0.2, 0.25) is 0 Å². The Kier molecular flexibility index (Phi) is 24.3. The standard InChI is InChI=1S/C29H54O4/c1-3-5-6-7-8-9-10-11-12-13-14-15-16-17-18-19-20-21-22-23-24-27(29(31)32)26-28(30)33-25-4-2/h21-22,27H,3-20,23-26H2,1-2H3,(H,31,32)/b22-21+. The fourth-order valence-corrected chi connectivity index (χ4v) is 4.13. The molecular weight excluding hydrogens is 412 g/mol. The van der Waals surface area contributed by atoms with Crippen LogP contribution in [0.5, 0.6) is 0 Å². The van der Waals surface area contributed by atoms with Gasteiger partial charge < -0.3 is 9.84 Å². The van der Waals surface area contributed by atoms with E-state index in [1.54, 1.807) is 0 Å². The number of carbonyl (C=O) groups excluding carboxylic acids is 1. The topological polar surface area (TPSA) is 63.6 Å². The van der Waals surface area contributed by atoms with Crippen LogP contribution in [-0.4, -0.2) is 23.7 Å². The summed E-state index contributed by atoms with van der Waals surface area (Å²) in [4.78, 5) is 22.9. The number of hydrogen-bond acceptors (Lipinski definition) is 3. The fourth-order valence-electron chi connectivity index (χ4n) is 4.13. The number of aliphatic carboxylic acids is 1. The predicted molar refractivity (Wildman–Crippen MR) is 140 cm³/mol. The lowest BCUT2D eigenvalue weighted by Crippen LogP contribution is -2.19. The molecule has 1 unspecified atom stereocenters. The van der Waals surface area contributed by atoms with Gasteiger partial charge in [0.1, 0.15) is 0 Å². The molecule has 4 heteroatoms. The van der Waals surface area contributed by atoms with Gasteiger partial charge >= 0.3 is 11.9 Å². The number of hydrogen-bond donors (Lipinski definition) is 1. The van der Waals surface area contributed by atoms with Crippen molar-refractivity contribution in [2.24, 2.45) is 5.92 Å². The Balaban J connectivity index is 3.43. The van der Waals surface area contributed by atoms with E-state index in [9.17, 15) is 14.7 Å². The smallest absolute Gasteiger partial charge is 0.307 e. The number of unbranched alkanes of at least 4 members (excludes halogenated alkanes) is 16. The molecule has 1 atom stereocenters. The van der Waals surface area contributed by atoms with E-state index in [1.165, 1.54) is 103 Å². The Labute approximate surface area is 204 Å². The van der Waals surface area contributed by atoms with E-state index in [2.05, 4.69) is 19.1 Å². The molecule has 0 radical (unpaired) electrons. The van der Waals surface area contributed by atoms with Gasteiger partial charge in [-0.2, -0.15) is 0 Å². The van der Waals surface area contributed by atoms with E-state index >= 15 is 0 Å². The maximum Gasteiger partial charge on any atom is 0.307 e. The molecule has 0 aromatic carbocycles. The minimum atomic E-state index is -0.908. The number of allylic oxidation sites excluding steroid dienone is 2. The zero-order valence-corrected chi connectivity index (χ0v) is 22.0. The third-order valence-corrected chi connectivity index (χ3v) is 6.30. The first-order valence-corrected chi connectivity index (χ1v) is 14.1. The van der Waals surface area contributed by atoms with Crippen LogP contribution >= 0.6 is 0 Å². The third kappa shape index (κ3) is 23.6. The van der Waals surface area contributed by atoms with Crippen molar-refractivity contribution in [3.63, 3.8) is 0 Å². The summed E-state index contributed by atoms with van der Waals surface area (Å²) in [5.74, 6) is -1.95. The highest BCUT2D eigenvalue weighted by Crippen LogP contribution is 2.15. The van der Waals surface area contributed by atoms with Gasteiger partial charge in [0.15, 0.2) is 0 Å². The Morgan fingerprint density at radius 3 is 1.58 bits per heavy atom. The summed E-state index contributed by atoms with van der Waals surface area (Å²) >= 11 is 0. The van der Waals surface area contributed by atoms with Crippen LogP contribution in [0, 0.1) is 5.92 Å². The van der Waals surface area contributed by atoms with Gasteiger partial charge in [0.25, 0.3) is 0 Å². The molecule has 0 amide bonds. The maximum absolute atomic E-state index is 11.6. The molecule has 0 aliphatic rings. The normalized spacial score (nSPS) is 12.3. The average Bonchev–Trinajstić information content (AvgIpc) is 2.80. The summed E-state index contributed by atoms with van der Waals surface area (Å²) in [6.07, 6.45) is 29.3. The molecule has 0 saturated heterocycles. The second kappa shape index (κ2) is 25.3. The van der Waals surface area contributed by atoms with Crippen LogP contribution in [0.2, 0.25) is 0 Å². The summed E-state index contributed by atoms with van der Waals surface area (Å²) in [5.41, 5.74) is 0. The van der Waals surface area contributed by atoms with Gasteiger partial charge in [-0.05, 0) is 32.1 Å². The van der Waals surface area contributed by atoms with Gasteiger partial charge in [-0.1, -0.05) is 122 Å². The molecule has 1 N–H and O–H groups in total. The van der Waals surface area contributed by atoms with Crippen molar-refractivity contribution in [2.45, 2.75) is 149 Å². The quantitative estimate of drug-likeness (QED) is 0.0828. The summed E-state index contributed by atoms with van der Waals surface area (Å²) in [6.45, 7) is 4.57. The Morgan fingerprint density at radius 1 is 0.667 bits per heavy atom. The molecule has 0 bridgehead atoms. The van der Waals surface area contributed by atoms with E-state index < -0.39 is 17.9 Å². The fraction of sp³-hybridized carbons (Fsp3) is 0.862. The van der Waals surface area contributed by atoms with Gasteiger partial charge in [0, 0.05) is 0 Å². The van der Waals surface area contributed by atoms with E-state index in [-0.39, 0.29) is 6.42 Å². The van der Waals surface area contributed by atoms with Crippen LogP contribution in [0.15, 0.2) is 12.2 Å². The van der Waals surface area contributed by atoms with Crippen LogP contribution in [-0.2, 0) is 14.3 Å². The van der Waals surface area contributed by atoms with E-state index in [4.69, 9.17) is 4.74 Å². The summed E-state index contributed by atoms with van der Waals surface area (Å²) < 4.78 is 5.00. The number of carboxylic acids is 1. The number of carbonyl (C=O) groups is 2. The van der Waals surface area contributed by atoms with Crippen LogP contribution in [0.25, 0.3) is 0 Å². The van der Waals surface area contributed by atoms with Crippen molar-refractivity contribution >= 4 is 11.9 Å². The molecule has 0 saturated carbocycles. The summed E-state index contributed by atoms with van der Waals surface area (Å²) in [6, 6.07) is 0. The highest BCUT2D eigenvalue weighted by Gasteiger charge is 2.21. The van der Waals surface area contributed by atoms with Crippen LogP contribution in [0.3, 0.4) is 0 Å². The zero-order chi connectivity index (χ0) is 24.4.